The van der Waals surface area contributed by atoms with Gasteiger partial charge < -0.3 is 9.64 Å². The predicted octanol–water partition coefficient (Wildman–Crippen LogP) is 2.76. The Kier molecular flexibility index (Phi) is 5.86. The molecular weight excluding hydrogens is 254 g/mol. The van der Waals surface area contributed by atoms with Crippen LogP contribution in [0.15, 0.2) is 0 Å². The number of piperidine rings is 1. The molecule has 2 fully saturated rings. The number of rotatable bonds is 4. The maximum absolute atomic E-state index is 12.3. The lowest BCUT2D eigenvalue weighted by atomic mass is 9.86. The van der Waals surface area contributed by atoms with Gasteiger partial charge in [0, 0.05) is 19.5 Å². The van der Waals surface area contributed by atoms with E-state index in [2.05, 4.69) is 0 Å². The largest absolute Gasteiger partial charge is 0.469 e. The van der Waals surface area contributed by atoms with Crippen LogP contribution in [0.5, 0.6) is 0 Å². The summed E-state index contributed by atoms with van der Waals surface area (Å²) in [7, 11) is 1.42. The number of esters is 1. The van der Waals surface area contributed by atoms with Gasteiger partial charge in [-0.15, -0.1) is 0 Å². The number of nitrogens with zero attached hydrogens (tertiary/aromatic N) is 1. The molecule has 0 radical (unpaired) electrons. The van der Waals surface area contributed by atoms with Crippen LogP contribution in [0.25, 0.3) is 0 Å². The lowest BCUT2D eigenvalue weighted by Crippen LogP contribution is -2.42. The van der Waals surface area contributed by atoms with Crippen molar-refractivity contribution in [1.29, 1.82) is 0 Å². The molecule has 114 valence electrons. The molecule has 0 bridgehead atoms. The van der Waals surface area contributed by atoms with Crippen LogP contribution in [0.4, 0.5) is 0 Å². The van der Waals surface area contributed by atoms with E-state index in [-0.39, 0.29) is 17.8 Å². The second kappa shape index (κ2) is 7.65. The van der Waals surface area contributed by atoms with E-state index in [0.717, 1.165) is 31.7 Å². The van der Waals surface area contributed by atoms with Crippen molar-refractivity contribution < 1.29 is 14.3 Å². The molecule has 2 aliphatic rings. The smallest absolute Gasteiger partial charge is 0.310 e. The number of methoxy groups -OCH3 is 1. The fourth-order valence-corrected chi connectivity index (χ4v) is 3.52. The third-order valence-electron chi connectivity index (χ3n) is 4.80. The molecule has 1 aliphatic heterocycles. The van der Waals surface area contributed by atoms with E-state index < -0.39 is 0 Å². The third-order valence-corrected chi connectivity index (χ3v) is 4.80. The molecule has 0 aromatic carbocycles. The van der Waals surface area contributed by atoms with E-state index in [9.17, 15) is 9.59 Å². The van der Waals surface area contributed by atoms with Gasteiger partial charge in [-0.2, -0.15) is 0 Å². The summed E-state index contributed by atoms with van der Waals surface area (Å²) in [5.74, 6) is 0.681. The van der Waals surface area contributed by atoms with Crippen LogP contribution in [0.3, 0.4) is 0 Å². The second-order valence-corrected chi connectivity index (χ2v) is 6.24. The molecule has 20 heavy (non-hydrogen) atoms. The van der Waals surface area contributed by atoms with Crippen LogP contribution in [-0.4, -0.2) is 37.0 Å². The standard InChI is InChI=1S/C16H27NO3/c1-20-16(19)14-8-5-11-17(12-14)15(18)10-9-13-6-3-2-4-7-13/h13-14H,2-12H2,1H3/t14-/m0/s1. The Morgan fingerprint density at radius 1 is 1.10 bits per heavy atom. The van der Waals surface area contributed by atoms with Crippen LogP contribution in [0, 0.1) is 11.8 Å². The van der Waals surface area contributed by atoms with Gasteiger partial charge in [0.1, 0.15) is 0 Å². The fraction of sp³-hybridized carbons (Fsp3) is 0.875. The van der Waals surface area contributed by atoms with Crippen molar-refractivity contribution in [3.63, 3.8) is 0 Å². The normalized spacial score (nSPS) is 24.4. The van der Waals surface area contributed by atoms with Crippen LogP contribution in [-0.2, 0) is 14.3 Å². The van der Waals surface area contributed by atoms with E-state index in [0.29, 0.717) is 13.0 Å². The Morgan fingerprint density at radius 2 is 1.85 bits per heavy atom. The molecule has 1 amide bonds. The minimum atomic E-state index is -0.171. The first-order chi connectivity index (χ1) is 9.70. The molecular formula is C16H27NO3. The van der Waals surface area contributed by atoms with Gasteiger partial charge in [-0.25, -0.2) is 0 Å². The average molecular weight is 281 g/mol. The molecule has 0 aromatic rings. The maximum Gasteiger partial charge on any atom is 0.310 e. The first-order valence-electron chi connectivity index (χ1n) is 8.06. The van der Waals surface area contributed by atoms with Gasteiger partial charge in [0.05, 0.1) is 13.0 Å². The highest BCUT2D eigenvalue weighted by Crippen LogP contribution is 2.28. The van der Waals surface area contributed by atoms with Gasteiger partial charge in [0.25, 0.3) is 0 Å². The first-order valence-corrected chi connectivity index (χ1v) is 8.06. The Hall–Kier alpha value is -1.06. The zero-order chi connectivity index (χ0) is 14.4. The molecule has 0 unspecified atom stereocenters. The van der Waals surface area contributed by atoms with Crippen molar-refractivity contribution in [2.45, 2.75) is 57.8 Å². The minimum absolute atomic E-state index is 0.118. The molecule has 1 saturated carbocycles. The van der Waals surface area contributed by atoms with Crippen molar-refractivity contribution in [2.75, 3.05) is 20.2 Å². The summed E-state index contributed by atoms with van der Waals surface area (Å²) >= 11 is 0. The molecule has 4 heteroatoms. The second-order valence-electron chi connectivity index (χ2n) is 6.24. The Bertz CT molecular complexity index is 337. The summed E-state index contributed by atoms with van der Waals surface area (Å²) in [5, 5.41) is 0. The quantitative estimate of drug-likeness (QED) is 0.744. The van der Waals surface area contributed by atoms with Crippen molar-refractivity contribution in [2.24, 2.45) is 11.8 Å². The summed E-state index contributed by atoms with van der Waals surface area (Å²) in [6.45, 7) is 1.35. The minimum Gasteiger partial charge on any atom is -0.469 e. The Morgan fingerprint density at radius 3 is 2.55 bits per heavy atom. The van der Waals surface area contributed by atoms with Gasteiger partial charge in [0.15, 0.2) is 0 Å². The van der Waals surface area contributed by atoms with Gasteiger partial charge in [-0.05, 0) is 25.2 Å². The fourth-order valence-electron chi connectivity index (χ4n) is 3.52. The van der Waals surface area contributed by atoms with Crippen molar-refractivity contribution >= 4 is 11.9 Å². The highest BCUT2D eigenvalue weighted by molar-refractivity contribution is 5.78. The van der Waals surface area contributed by atoms with Gasteiger partial charge in [0.2, 0.25) is 5.91 Å². The number of carbonyl (C=O) groups excluding carboxylic acids is 2. The number of carbonyl (C=O) groups is 2. The lowest BCUT2D eigenvalue weighted by Gasteiger charge is -2.32. The number of hydrogen-bond acceptors (Lipinski definition) is 3. The highest BCUT2D eigenvalue weighted by atomic mass is 16.5. The molecule has 0 N–H and O–H groups in total. The van der Waals surface area contributed by atoms with Crippen LogP contribution >= 0.6 is 0 Å². The maximum atomic E-state index is 12.3. The van der Waals surface area contributed by atoms with Crippen LogP contribution in [0.1, 0.15) is 57.8 Å². The van der Waals surface area contributed by atoms with Crippen molar-refractivity contribution in [1.82, 2.24) is 4.90 Å². The number of amides is 1. The molecule has 1 heterocycles. The summed E-state index contributed by atoms with van der Waals surface area (Å²) in [5.41, 5.74) is 0. The summed E-state index contributed by atoms with van der Waals surface area (Å²) in [4.78, 5) is 25.7. The highest BCUT2D eigenvalue weighted by Gasteiger charge is 2.29. The summed E-state index contributed by atoms with van der Waals surface area (Å²) < 4.78 is 4.80. The van der Waals surface area contributed by atoms with Crippen LogP contribution in [0.2, 0.25) is 0 Å². The Balaban J connectivity index is 1.75. The number of ether oxygens (including phenoxy) is 1. The van der Waals surface area contributed by atoms with Crippen molar-refractivity contribution in [3.8, 4) is 0 Å². The van der Waals surface area contributed by atoms with E-state index in [1.54, 1.807) is 0 Å². The predicted molar refractivity (Wildman–Crippen MR) is 77.1 cm³/mol. The lowest BCUT2D eigenvalue weighted by molar-refractivity contribution is -0.149. The third kappa shape index (κ3) is 4.22. The topological polar surface area (TPSA) is 46.6 Å². The van der Waals surface area contributed by atoms with E-state index in [4.69, 9.17) is 4.74 Å². The molecule has 4 nitrogen and oxygen atoms in total. The van der Waals surface area contributed by atoms with Crippen molar-refractivity contribution in [3.05, 3.63) is 0 Å². The average Bonchev–Trinajstić information content (AvgIpc) is 2.53. The Labute approximate surface area is 121 Å². The van der Waals surface area contributed by atoms with E-state index >= 15 is 0 Å². The SMILES string of the molecule is COC(=O)[C@H]1CCCN(C(=O)CCC2CCCCC2)C1. The zero-order valence-corrected chi connectivity index (χ0v) is 12.6. The van der Waals surface area contributed by atoms with Gasteiger partial charge in [-0.1, -0.05) is 32.1 Å². The first kappa shape index (κ1) is 15.3. The van der Waals surface area contributed by atoms with Gasteiger partial charge in [-0.3, -0.25) is 9.59 Å². The van der Waals surface area contributed by atoms with Crippen LogP contribution < -0.4 is 0 Å². The molecule has 1 saturated heterocycles. The summed E-state index contributed by atoms with van der Waals surface area (Å²) in [6, 6.07) is 0. The number of likely N-dealkylation sites (tertiary alicyclic amines) is 1. The molecule has 1 aliphatic carbocycles. The monoisotopic (exact) mass is 281 g/mol. The summed E-state index contributed by atoms with van der Waals surface area (Å²) in [6.07, 6.45) is 10.0. The van der Waals surface area contributed by atoms with E-state index in [1.165, 1.54) is 39.2 Å². The van der Waals surface area contributed by atoms with Gasteiger partial charge >= 0.3 is 5.97 Å². The molecule has 1 atom stereocenters. The number of hydrogen-bond donors (Lipinski definition) is 0. The molecule has 0 aromatic heterocycles. The molecule has 0 spiro atoms. The molecule has 2 rings (SSSR count). The van der Waals surface area contributed by atoms with E-state index in [1.807, 2.05) is 4.90 Å². The zero-order valence-electron chi connectivity index (χ0n) is 12.6.